The van der Waals surface area contributed by atoms with Crippen molar-refractivity contribution in [3.05, 3.63) is 58.7 Å². The van der Waals surface area contributed by atoms with Gasteiger partial charge in [0.15, 0.2) is 23.0 Å². The van der Waals surface area contributed by atoms with Gasteiger partial charge in [-0.2, -0.15) is 0 Å². The van der Waals surface area contributed by atoms with Crippen molar-refractivity contribution in [1.29, 1.82) is 0 Å². The zero-order valence-corrected chi connectivity index (χ0v) is 20.6. The molecule has 1 aliphatic rings. The molecule has 34 heavy (non-hydrogen) atoms. The number of Topliss-reactive ketones (excluding diaryl/α,β-unsaturated/α-hetero) is 1. The Labute approximate surface area is 200 Å². The average molecular weight is 471 g/mol. The molecule has 2 heterocycles. The van der Waals surface area contributed by atoms with Crippen LogP contribution in [0.4, 0.5) is 0 Å². The molecule has 1 atom stereocenters. The highest BCUT2D eigenvalue weighted by atomic mass is 16.5. The number of unbranched alkanes of at least 4 members (excludes halogenated alkanes) is 1. The van der Waals surface area contributed by atoms with Crippen molar-refractivity contribution in [2.45, 2.75) is 39.7 Å². The monoisotopic (exact) mass is 470 g/mol. The second kappa shape index (κ2) is 11.2. The molecule has 2 aromatic rings. The van der Waals surface area contributed by atoms with E-state index >= 15 is 0 Å². The number of hydrogen-bond acceptors (Lipinski definition) is 7. The van der Waals surface area contributed by atoms with E-state index in [-0.39, 0.29) is 11.3 Å². The minimum Gasteiger partial charge on any atom is -0.503 e. The number of carbonyl (C=O) groups excluding carboxylic acids is 2. The molecule has 0 bridgehead atoms. The molecular formula is C26H34N2O6. The fourth-order valence-electron chi connectivity index (χ4n) is 3.87. The molecule has 0 aliphatic carbocycles. The van der Waals surface area contributed by atoms with Crippen molar-refractivity contribution < 1.29 is 28.6 Å². The van der Waals surface area contributed by atoms with Crippen LogP contribution in [0.2, 0.25) is 0 Å². The molecule has 0 saturated heterocycles. The molecule has 1 amide bonds. The third kappa shape index (κ3) is 5.44. The lowest BCUT2D eigenvalue weighted by molar-refractivity contribution is -0.129. The van der Waals surface area contributed by atoms with E-state index in [0.29, 0.717) is 49.1 Å². The number of furan rings is 1. The van der Waals surface area contributed by atoms with Crippen LogP contribution < -0.4 is 9.47 Å². The Balaban J connectivity index is 2.05. The van der Waals surface area contributed by atoms with Gasteiger partial charge in [-0.3, -0.25) is 9.59 Å². The van der Waals surface area contributed by atoms with Crippen LogP contribution in [-0.4, -0.2) is 67.0 Å². The summed E-state index contributed by atoms with van der Waals surface area (Å²) in [5.74, 6) is 0.132. The molecule has 1 aliphatic heterocycles. The molecule has 1 aromatic carbocycles. The smallest absolute Gasteiger partial charge is 0.290 e. The Morgan fingerprint density at radius 1 is 1.15 bits per heavy atom. The molecule has 0 spiro atoms. The highest BCUT2D eigenvalue weighted by Gasteiger charge is 2.44. The summed E-state index contributed by atoms with van der Waals surface area (Å²) in [6.45, 7) is 7.59. The molecule has 184 valence electrons. The van der Waals surface area contributed by atoms with Crippen molar-refractivity contribution in [2.24, 2.45) is 0 Å². The van der Waals surface area contributed by atoms with E-state index in [1.54, 1.807) is 31.2 Å². The van der Waals surface area contributed by atoms with Gasteiger partial charge in [0.1, 0.15) is 5.76 Å². The van der Waals surface area contributed by atoms with Crippen molar-refractivity contribution in [3.63, 3.8) is 0 Å². The van der Waals surface area contributed by atoms with E-state index in [4.69, 9.17) is 13.9 Å². The van der Waals surface area contributed by atoms with E-state index in [1.807, 2.05) is 32.0 Å². The predicted molar refractivity (Wildman–Crippen MR) is 128 cm³/mol. The number of carbonyl (C=O) groups is 2. The summed E-state index contributed by atoms with van der Waals surface area (Å²) in [4.78, 5) is 29.9. The van der Waals surface area contributed by atoms with Gasteiger partial charge in [0.05, 0.1) is 24.8 Å². The van der Waals surface area contributed by atoms with E-state index in [1.165, 1.54) is 4.90 Å². The van der Waals surface area contributed by atoms with Gasteiger partial charge in [-0.15, -0.1) is 0 Å². The predicted octanol–water partition coefficient (Wildman–Crippen LogP) is 4.31. The second-order valence-corrected chi connectivity index (χ2v) is 8.55. The average Bonchev–Trinajstić information content (AvgIpc) is 3.34. The van der Waals surface area contributed by atoms with Crippen molar-refractivity contribution >= 4 is 11.7 Å². The van der Waals surface area contributed by atoms with Crippen molar-refractivity contribution in [1.82, 2.24) is 9.80 Å². The molecule has 1 aromatic heterocycles. The van der Waals surface area contributed by atoms with E-state index < -0.39 is 23.5 Å². The normalized spacial score (nSPS) is 16.0. The first-order valence-electron chi connectivity index (χ1n) is 11.7. The summed E-state index contributed by atoms with van der Waals surface area (Å²) < 4.78 is 17.2. The van der Waals surface area contributed by atoms with Crippen LogP contribution in [0.25, 0.3) is 0 Å². The molecule has 3 rings (SSSR count). The van der Waals surface area contributed by atoms with Crippen LogP contribution in [0.1, 0.15) is 54.6 Å². The van der Waals surface area contributed by atoms with Gasteiger partial charge < -0.3 is 28.8 Å². The highest BCUT2D eigenvalue weighted by molar-refractivity contribution is 6.15. The van der Waals surface area contributed by atoms with Gasteiger partial charge in [0.25, 0.3) is 5.91 Å². The molecular weight excluding hydrogens is 436 g/mol. The number of aliphatic hydroxyl groups excluding tert-OH is 1. The highest BCUT2D eigenvalue weighted by Crippen LogP contribution is 2.41. The van der Waals surface area contributed by atoms with Gasteiger partial charge in [0, 0.05) is 13.1 Å². The zero-order chi connectivity index (χ0) is 24.8. The molecule has 1 N–H and O–H groups in total. The van der Waals surface area contributed by atoms with Crippen LogP contribution in [-0.2, 0) is 4.79 Å². The first-order valence-corrected chi connectivity index (χ1v) is 11.7. The number of rotatable bonds is 12. The summed E-state index contributed by atoms with van der Waals surface area (Å²) in [5, 5.41) is 10.8. The molecule has 0 radical (unpaired) electrons. The maximum absolute atomic E-state index is 13.4. The Bertz CT molecular complexity index is 1060. The number of hydrogen-bond donors (Lipinski definition) is 1. The summed E-state index contributed by atoms with van der Waals surface area (Å²) >= 11 is 0. The number of aliphatic hydroxyl groups is 1. The summed E-state index contributed by atoms with van der Waals surface area (Å²) in [5.41, 5.74) is 0.647. The Morgan fingerprint density at radius 2 is 1.91 bits per heavy atom. The lowest BCUT2D eigenvalue weighted by atomic mass is 9.94. The van der Waals surface area contributed by atoms with E-state index in [2.05, 4.69) is 6.92 Å². The molecule has 0 fully saturated rings. The van der Waals surface area contributed by atoms with Crippen molar-refractivity contribution in [3.8, 4) is 11.5 Å². The number of likely N-dealkylation sites (N-methyl/N-ethyl adjacent to an activating group) is 1. The van der Waals surface area contributed by atoms with Crippen LogP contribution in [0.3, 0.4) is 0 Å². The van der Waals surface area contributed by atoms with Crippen LogP contribution in [0.15, 0.2) is 46.1 Å². The van der Waals surface area contributed by atoms with Crippen molar-refractivity contribution in [2.75, 3.05) is 40.4 Å². The fraction of sp³-hybridized carbons (Fsp3) is 0.462. The Kier molecular flexibility index (Phi) is 8.39. The quantitative estimate of drug-likeness (QED) is 0.365. The number of ether oxygens (including phenoxy) is 2. The fourth-order valence-corrected chi connectivity index (χ4v) is 3.87. The minimum absolute atomic E-state index is 0.000191. The molecule has 0 saturated carbocycles. The number of aryl methyl sites for hydroxylation is 1. The lowest BCUT2D eigenvalue weighted by Crippen LogP contribution is -2.36. The standard InChI is InChI=1S/C26H34N2O6/c1-6-8-15-33-19-12-10-18(16-21(19)32-7-2)23-22(24(29)20-11-9-17(3)34-20)25(30)26(31)28(23)14-13-27(4)5/h9-12,16,23,30H,6-8,13-15H2,1-5H3. The minimum atomic E-state index is -0.783. The first kappa shape index (κ1) is 25.4. The van der Waals surface area contributed by atoms with Crippen LogP contribution >= 0.6 is 0 Å². The largest absolute Gasteiger partial charge is 0.503 e. The van der Waals surface area contributed by atoms with Crippen LogP contribution in [0.5, 0.6) is 11.5 Å². The Morgan fingerprint density at radius 3 is 2.53 bits per heavy atom. The topological polar surface area (TPSA) is 92.5 Å². The van der Waals surface area contributed by atoms with Gasteiger partial charge in [-0.25, -0.2) is 0 Å². The maximum Gasteiger partial charge on any atom is 0.290 e. The summed E-state index contributed by atoms with van der Waals surface area (Å²) in [6.07, 6.45) is 1.93. The Hall–Kier alpha value is -3.26. The lowest BCUT2D eigenvalue weighted by Gasteiger charge is -2.28. The summed E-state index contributed by atoms with van der Waals surface area (Å²) in [6, 6.07) is 7.83. The van der Waals surface area contributed by atoms with Crippen LogP contribution in [0, 0.1) is 6.92 Å². The van der Waals surface area contributed by atoms with Gasteiger partial charge in [-0.05, 0) is 64.2 Å². The first-order chi connectivity index (χ1) is 16.3. The maximum atomic E-state index is 13.4. The van der Waals surface area contributed by atoms with Gasteiger partial charge >= 0.3 is 0 Å². The van der Waals surface area contributed by atoms with Gasteiger partial charge in [-0.1, -0.05) is 19.4 Å². The number of nitrogens with zero attached hydrogens (tertiary/aromatic N) is 2. The third-order valence-electron chi connectivity index (χ3n) is 5.64. The summed E-state index contributed by atoms with van der Waals surface area (Å²) in [7, 11) is 3.80. The zero-order valence-electron chi connectivity index (χ0n) is 20.6. The van der Waals surface area contributed by atoms with Gasteiger partial charge in [0.2, 0.25) is 5.78 Å². The molecule has 8 nitrogen and oxygen atoms in total. The third-order valence-corrected chi connectivity index (χ3v) is 5.64. The second-order valence-electron chi connectivity index (χ2n) is 8.55. The number of ketones is 1. The number of benzene rings is 1. The van der Waals surface area contributed by atoms with E-state index in [9.17, 15) is 14.7 Å². The SMILES string of the molecule is CCCCOc1ccc(C2C(C(=O)c3ccc(C)o3)=C(O)C(=O)N2CCN(C)C)cc1OCC. The molecule has 1 unspecified atom stereocenters. The number of amides is 1. The van der Waals surface area contributed by atoms with E-state index in [0.717, 1.165) is 12.8 Å². The molecule has 8 heteroatoms.